The first-order chi connectivity index (χ1) is 10.2. The molecule has 3 rings (SSSR count). The van der Waals surface area contributed by atoms with Gasteiger partial charge >= 0.3 is 0 Å². The minimum absolute atomic E-state index is 0.177. The number of benzene rings is 2. The van der Waals surface area contributed by atoms with Crippen LogP contribution in [0.3, 0.4) is 0 Å². The Labute approximate surface area is 141 Å². The number of para-hydroxylation sites is 1. The van der Waals surface area contributed by atoms with Crippen molar-refractivity contribution in [3.8, 4) is 0 Å². The minimum Gasteiger partial charge on any atom is -0.310 e. The van der Waals surface area contributed by atoms with E-state index < -0.39 is 0 Å². The SMILES string of the molecule is O=C(CSc1ccc(Br)cc1)N1CCSc2ccccc21. The number of halogens is 1. The maximum atomic E-state index is 12.5. The van der Waals surface area contributed by atoms with Crippen LogP contribution in [-0.2, 0) is 4.79 Å². The molecular formula is C16H14BrNOS2. The Bertz CT molecular complexity index is 645. The van der Waals surface area contributed by atoms with Crippen LogP contribution in [0.1, 0.15) is 0 Å². The van der Waals surface area contributed by atoms with Gasteiger partial charge in [-0.3, -0.25) is 4.79 Å². The van der Waals surface area contributed by atoms with Crippen molar-refractivity contribution in [2.24, 2.45) is 0 Å². The Morgan fingerprint density at radius 2 is 1.95 bits per heavy atom. The molecule has 0 radical (unpaired) electrons. The quantitative estimate of drug-likeness (QED) is 0.722. The Kier molecular flexibility index (Phi) is 4.93. The van der Waals surface area contributed by atoms with Crippen molar-refractivity contribution in [2.75, 3.05) is 23.0 Å². The summed E-state index contributed by atoms with van der Waals surface area (Å²) < 4.78 is 1.06. The molecule has 1 amide bonds. The fourth-order valence-electron chi connectivity index (χ4n) is 2.18. The van der Waals surface area contributed by atoms with Gasteiger partial charge in [-0.1, -0.05) is 28.1 Å². The Morgan fingerprint density at radius 3 is 2.76 bits per heavy atom. The molecule has 1 aliphatic heterocycles. The molecule has 2 aromatic rings. The number of anilines is 1. The lowest BCUT2D eigenvalue weighted by molar-refractivity contribution is -0.116. The van der Waals surface area contributed by atoms with Crippen LogP contribution in [0.2, 0.25) is 0 Å². The van der Waals surface area contributed by atoms with Crippen LogP contribution >= 0.6 is 39.5 Å². The summed E-state index contributed by atoms with van der Waals surface area (Å²) in [5, 5.41) is 0. The molecule has 0 bridgehead atoms. The molecule has 5 heteroatoms. The molecule has 108 valence electrons. The van der Waals surface area contributed by atoms with Crippen LogP contribution < -0.4 is 4.90 Å². The van der Waals surface area contributed by atoms with Gasteiger partial charge in [-0.05, 0) is 36.4 Å². The monoisotopic (exact) mass is 379 g/mol. The number of hydrogen-bond donors (Lipinski definition) is 0. The van der Waals surface area contributed by atoms with Crippen LogP contribution in [0.15, 0.2) is 62.8 Å². The highest BCUT2D eigenvalue weighted by Gasteiger charge is 2.22. The molecule has 0 spiro atoms. The van der Waals surface area contributed by atoms with Crippen molar-refractivity contribution >= 4 is 51.0 Å². The topological polar surface area (TPSA) is 20.3 Å². The lowest BCUT2D eigenvalue weighted by Crippen LogP contribution is -2.36. The summed E-state index contributed by atoms with van der Waals surface area (Å²) in [6.45, 7) is 0.793. The maximum Gasteiger partial charge on any atom is 0.237 e. The van der Waals surface area contributed by atoms with Gasteiger partial charge in [0.25, 0.3) is 0 Å². The number of carbonyl (C=O) groups is 1. The summed E-state index contributed by atoms with van der Waals surface area (Å²) in [5.74, 6) is 1.61. The smallest absolute Gasteiger partial charge is 0.237 e. The molecule has 0 fully saturated rings. The normalized spacial score (nSPS) is 13.9. The summed E-state index contributed by atoms with van der Waals surface area (Å²) in [7, 11) is 0. The Hall–Kier alpha value is -0.910. The van der Waals surface area contributed by atoms with E-state index in [1.165, 1.54) is 4.90 Å². The second kappa shape index (κ2) is 6.90. The molecule has 1 aliphatic rings. The number of thioether (sulfide) groups is 2. The van der Waals surface area contributed by atoms with Crippen LogP contribution in [0.4, 0.5) is 5.69 Å². The zero-order chi connectivity index (χ0) is 14.7. The highest BCUT2D eigenvalue weighted by Crippen LogP contribution is 2.34. The molecule has 0 aromatic heterocycles. The molecule has 2 nitrogen and oxygen atoms in total. The second-order valence-corrected chi connectivity index (χ2v) is 7.71. The van der Waals surface area contributed by atoms with Crippen molar-refractivity contribution in [1.82, 2.24) is 0 Å². The van der Waals surface area contributed by atoms with Gasteiger partial charge in [0.05, 0.1) is 11.4 Å². The molecule has 0 saturated carbocycles. The van der Waals surface area contributed by atoms with Crippen molar-refractivity contribution in [2.45, 2.75) is 9.79 Å². The Morgan fingerprint density at radius 1 is 1.19 bits per heavy atom. The fourth-order valence-corrected chi connectivity index (χ4v) is 4.22. The standard InChI is InChI=1S/C16H14BrNOS2/c17-12-5-7-13(8-6-12)21-11-16(19)18-9-10-20-15-4-2-1-3-14(15)18/h1-8H,9-11H2. The third-order valence-electron chi connectivity index (χ3n) is 3.21. The minimum atomic E-state index is 0.177. The number of hydrogen-bond acceptors (Lipinski definition) is 3. The fraction of sp³-hybridized carbons (Fsp3) is 0.188. The summed E-state index contributed by atoms with van der Waals surface area (Å²) in [5.41, 5.74) is 1.05. The number of carbonyl (C=O) groups excluding carboxylic acids is 1. The molecule has 0 atom stereocenters. The van der Waals surface area contributed by atoms with E-state index in [0.29, 0.717) is 5.75 Å². The zero-order valence-corrected chi connectivity index (χ0v) is 14.5. The number of amides is 1. The summed E-state index contributed by atoms with van der Waals surface area (Å²) in [4.78, 5) is 16.7. The third-order valence-corrected chi connectivity index (χ3v) is 5.77. The molecular weight excluding hydrogens is 366 g/mol. The van der Waals surface area contributed by atoms with Gasteiger partial charge in [0.2, 0.25) is 5.91 Å². The van der Waals surface area contributed by atoms with E-state index in [0.717, 1.165) is 27.4 Å². The number of rotatable bonds is 3. The van der Waals surface area contributed by atoms with Crippen LogP contribution in [0, 0.1) is 0 Å². The van der Waals surface area contributed by atoms with E-state index in [-0.39, 0.29) is 5.91 Å². The van der Waals surface area contributed by atoms with E-state index >= 15 is 0 Å². The molecule has 2 aromatic carbocycles. The summed E-state index contributed by atoms with van der Waals surface area (Å²) in [6, 6.07) is 16.2. The van der Waals surface area contributed by atoms with Crippen molar-refractivity contribution in [1.29, 1.82) is 0 Å². The molecule has 0 unspecified atom stereocenters. The first-order valence-electron chi connectivity index (χ1n) is 6.64. The van der Waals surface area contributed by atoms with Gasteiger partial charge in [-0.25, -0.2) is 0 Å². The number of nitrogens with zero attached hydrogens (tertiary/aromatic N) is 1. The Balaban J connectivity index is 1.68. The molecule has 0 aliphatic carbocycles. The third kappa shape index (κ3) is 3.65. The highest BCUT2D eigenvalue weighted by molar-refractivity contribution is 9.10. The van der Waals surface area contributed by atoms with Crippen molar-refractivity contribution in [3.05, 3.63) is 53.0 Å². The predicted molar refractivity (Wildman–Crippen MR) is 94.4 cm³/mol. The molecule has 0 N–H and O–H groups in total. The maximum absolute atomic E-state index is 12.5. The van der Waals surface area contributed by atoms with Gasteiger partial charge in [0.15, 0.2) is 0 Å². The van der Waals surface area contributed by atoms with Crippen molar-refractivity contribution < 1.29 is 4.79 Å². The predicted octanol–water partition coefficient (Wildman–Crippen LogP) is 4.68. The van der Waals surface area contributed by atoms with E-state index in [1.807, 2.05) is 59.1 Å². The lowest BCUT2D eigenvalue weighted by Gasteiger charge is -2.28. The summed E-state index contributed by atoms with van der Waals surface area (Å²) >= 11 is 6.83. The van der Waals surface area contributed by atoms with Gasteiger partial charge in [-0.2, -0.15) is 0 Å². The highest BCUT2D eigenvalue weighted by atomic mass is 79.9. The average Bonchev–Trinajstić information content (AvgIpc) is 2.53. The largest absolute Gasteiger partial charge is 0.310 e. The molecule has 1 heterocycles. The van der Waals surface area contributed by atoms with Gasteiger partial charge in [0.1, 0.15) is 0 Å². The number of fused-ring (bicyclic) bond motifs is 1. The molecule has 21 heavy (non-hydrogen) atoms. The van der Waals surface area contributed by atoms with E-state index in [4.69, 9.17) is 0 Å². The van der Waals surface area contributed by atoms with Crippen LogP contribution in [0.25, 0.3) is 0 Å². The van der Waals surface area contributed by atoms with Gasteiger partial charge < -0.3 is 4.90 Å². The second-order valence-electron chi connectivity index (χ2n) is 4.60. The van der Waals surface area contributed by atoms with E-state index in [1.54, 1.807) is 11.8 Å². The van der Waals surface area contributed by atoms with E-state index in [9.17, 15) is 4.79 Å². The van der Waals surface area contributed by atoms with Crippen molar-refractivity contribution in [3.63, 3.8) is 0 Å². The first kappa shape index (κ1) is 15.0. The zero-order valence-electron chi connectivity index (χ0n) is 11.3. The van der Waals surface area contributed by atoms with Crippen LogP contribution in [0.5, 0.6) is 0 Å². The van der Waals surface area contributed by atoms with Gasteiger partial charge in [-0.15, -0.1) is 23.5 Å². The lowest BCUT2D eigenvalue weighted by atomic mass is 10.3. The van der Waals surface area contributed by atoms with E-state index in [2.05, 4.69) is 22.0 Å². The van der Waals surface area contributed by atoms with Gasteiger partial charge in [0, 0.05) is 26.6 Å². The average molecular weight is 380 g/mol. The molecule has 0 saturated heterocycles. The van der Waals surface area contributed by atoms with Crippen LogP contribution in [-0.4, -0.2) is 24.0 Å². The summed E-state index contributed by atoms with van der Waals surface area (Å²) in [6.07, 6.45) is 0. The first-order valence-corrected chi connectivity index (χ1v) is 9.41.